The van der Waals surface area contributed by atoms with Crippen LogP contribution in [-0.2, 0) is 4.79 Å². The third kappa shape index (κ3) is 3.33. The van der Waals surface area contributed by atoms with Crippen LogP contribution in [0.2, 0.25) is 0 Å². The number of fused-ring (bicyclic) bond motifs is 2. The van der Waals surface area contributed by atoms with Crippen molar-refractivity contribution in [1.82, 2.24) is 9.97 Å². The monoisotopic (exact) mass is 389 g/mol. The minimum atomic E-state index is -0.0845. The molecule has 0 unspecified atom stereocenters. The highest BCUT2D eigenvalue weighted by Gasteiger charge is 2.27. The van der Waals surface area contributed by atoms with E-state index in [2.05, 4.69) is 10.6 Å². The number of methoxy groups -OCH3 is 1. The second-order valence-corrected chi connectivity index (χ2v) is 7.53. The number of nitrogens with zero attached hydrogens (tertiary/aromatic N) is 3. The van der Waals surface area contributed by atoms with Crippen LogP contribution in [0.5, 0.6) is 5.75 Å². The molecule has 2 aromatic carbocycles. The largest absolute Gasteiger partial charge is 0.497 e. The molecule has 0 atom stereocenters. The fourth-order valence-electron chi connectivity index (χ4n) is 4.17. The van der Waals surface area contributed by atoms with Crippen LogP contribution >= 0.6 is 0 Å². The third-order valence-electron chi connectivity index (χ3n) is 5.60. The average molecular weight is 389 g/mol. The number of aromatic nitrogens is 2. The molecule has 7 nitrogen and oxygen atoms in total. The van der Waals surface area contributed by atoms with Gasteiger partial charge in [-0.1, -0.05) is 25.0 Å². The highest BCUT2D eigenvalue weighted by Crippen LogP contribution is 2.39. The minimum Gasteiger partial charge on any atom is -0.497 e. The molecule has 148 valence electrons. The van der Waals surface area contributed by atoms with Gasteiger partial charge < -0.3 is 20.3 Å². The van der Waals surface area contributed by atoms with Gasteiger partial charge in [0.2, 0.25) is 11.9 Å². The summed E-state index contributed by atoms with van der Waals surface area (Å²) in [5.41, 5.74) is 2.47. The van der Waals surface area contributed by atoms with Crippen LogP contribution in [0.25, 0.3) is 10.9 Å². The molecular weight excluding hydrogens is 366 g/mol. The zero-order valence-electron chi connectivity index (χ0n) is 16.3. The Kier molecular flexibility index (Phi) is 4.42. The Hall–Kier alpha value is -3.35. The standard InChI is InChI=1S/C22H23N5O2/c1-29-15-10-11-19-18(12-15)24-20(28)13-27(19)21-16-8-4-5-9-17(16)25-22(26-21)23-14-6-2-3-7-14/h4-5,8-12,14H,2-3,6-7,13H2,1H3,(H,24,28)(H,23,25,26). The lowest BCUT2D eigenvalue weighted by Crippen LogP contribution is -2.35. The van der Waals surface area contributed by atoms with Gasteiger partial charge in [-0.2, -0.15) is 4.98 Å². The molecule has 2 aliphatic rings. The molecule has 0 spiro atoms. The fraction of sp³-hybridized carbons (Fsp3) is 0.318. The third-order valence-corrected chi connectivity index (χ3v) is 5.60. The molecule has 3 aromatic rings. The first-order valence-corrected chi connectivity index (χ1v) is 10.00. The van der Waals surface area contributed by atoms with Gasteiger partial charge in [0.1, 0.15) is 18.1 Å². The maximum absolute atomic E-state index is 12.5. The molecule has 1 aromatic heterocycles. The number of para-hydroxylation sites is 1. The lowest BCUT2D eigenvalue weighted by atomic mass is 10.1. The number of benzene rings is 2. The van der Waals surface area contributed by atoms with Gasteiger partial charge in [-0.15, -0.1) is 0 Å². The molecule has 0 bridgehead atoms. The van der Waals surface area contributed by atoms with Crippen molar-refractivity contribution in [1.29, 1.82) is 0 Å². The van der Waals surface area contributed by atoms with Crippen LogP contribution in [0.4, 0.5) is 23.1 Å². The van der Waals surface area contributed by atoms with Gasteiger partial charge in [0.15, 0.2) is 0 Å². The number of rotatable bonds is 4. The number of carbonyl (C=O) groups is 1. The Morgan fingerprint density at radius 3 is 2.79 bits per heavy atom. The summed E-state index contributed by atoms with van der Waals surface area (Å²) in [7, 11) is 1.61. The van der Waals surface area contributed by atoms with E-state index in [4.69, 9.17) is 14.7 Å². The summed E-state index contributed by atoms with van der Waals surface area (Å²) in [5.74, 6) is 1.96. The highest BCUT2D eigenvalue weighted by molar-refractivity contribution is 6.05. The van der Waals surface area contributed by atoms with Crippen molar-refractivity contribution < 1.29 is 9.53 Å². The van der Waals surface area contributed by atoms with Crippen LogP contribution in [-0.4, -0.2) is 35.6 Å². The number of hydrogen-bond donors (Lipinski definition) is 2. The molecule has 1 aliphatic heterocycles. The van der Waals surface area contributed by atoms with E-state index < -0.39 is 0 Å². The number of hydrogen-bond acceptors (Lipinski definition) is 6. The molecule has 1 saturated carbocycles. The number of anilines is 4. The Bertz CT molecular complexity index is 1080. The Morgan fingerprint density at radius 1 is 1.14 bits per heavy atom. The molecule has 2 heterocycles. The average Bonchev–Trinajstić information content (AvgIpc) is 3.25. The van der Waals surface area contributed by atoms with Gasteiger partial charge in [0, 0.05) is 17.5 Å². The van der Waals surface area contributed by atoms with Crippen molar-refractivity contribution in [3.63, 3.8) is 0 Å². The maximum Gasteiger partial charge on any atom is 0.244 e. The van der Waals surface area contributed by atoms with E-state index in [9.17, 15) is 4.79 Å². The Labute approximate surface area is 169 Å². The van der Waals surface area contributed by atoms with Crippen molar-refractivity contribution in [3.8, 4) is 5.75 Å². The van der Waals surface area contributed by atoms with E-state index in [-0.39, 0.29) is 12.5 Å². The normalized spacial score (nSPS) is 16.6. The zero-order chi connectivity index (χ0) is 19.8. The molecule has 0 saturated heterocycles. The van der Waals surface area contributed by atoms with Crippen molar-refractivity contribution in [2.24, 2.45) is 0 Å². The van der Waals surface area contributed by atoms with E-state index in [1.807, 2.05) is 47.4 Å². The fourth-order valence-corrected chi connectivity index (χ4v) is 4.17. The summed E-state index contributed by atoms with van der Waals surface area (Å²) in [5, 5.41) is 7.35. The van der Waals surface area contributed by atoms with E-state index in [1.54, 1.807) is 7.11 Å². The van der Waals surface area contributed by atoms with Crippen LogP contribution in [0, 0.1) is 0 Å². The molecule has 1 fully saturated rings. The molecule has 0 radical (unpaired) electrons. The first kappa shape index (κ1) is 17.7. The molecule has 5 rings (SSSR count). The first-order valence-electron chi connectivity index (χ1n) is 10.00. The summed E-state index contributed by atoms with van der Waals surface area (Å²) >= 11 is 0. The Morgan fingerprint density at radius 2 is 1.97 bits per heavy atom. The van der Waals surface area contributed by atoms with Gasteiger partial charge in [0.05, 0.1) is 24.0 Å². The molecule has 1 aliphatic carbocycles. The summed E-state index contributed by atoms with van der Waals surface area (Å²) in [6.07, 6.45) is 4.75. The minimum absolute atomic E-state index is 0.0845. The summed E-state index contributed by atoms with van der Waals surface area (Å²) in [4.78, 5) is 24.0. The van der Waals surface area contributed by atoms with Crippen LogP contribution in [0.3, 0.4) is 0 Å². The van der Waals surface area contributed by atoms with E-state index >= 15 is 0 Å². The quantitative estimate of drug-likeness (QED) is 0.700. The molecule has 29 heavy (non-hydrogen) atoms. The van der Waals surface area contributed by atoms with Gasteiger partial charge in [-0.05, 0) is 37.1 Å². The predicted molar refractivity (Wildman–Crippen MR) is 114 cm³/mol. The lowest BCUT2D eigenvalue weighted by molar-refractivity contribution is -0.115. The number of ether oxygens (including phenoxy) is 1. The summed E-state index contributed by atoms with van der Waals surface area (Å²) in [6, 6.07) is 14.0. The first-order chi connectivity index (χ1) is 14.2. The number of carbonyl (C=O) groups excluding carboxylic acids is 1. The number of nitrogens with one attached hydrogen (secondary N) is 2. The number of amides is 1. The van der Waals surface area contributed by atoms with E-state index in [1.165, 1.54) is 12.8 Å². The second-order valence-electron chi connectivity index (χ2n) is 7.53. The van der Waals surface area contributed by atoms with Gasteiger partial charge in [0.25, 0.3) is 0 Å². The molecule has 7 heteroatoms. The highest BCUT2D eigenvalue weighted by atomic mass is 16.5. The Balaban J connectivity index is 1.63. The van der Waals surface area contributed by atoms with Crippen LogP contribution in [0.1, 0.15) is 25.7 Å². The van der Waals surface area contributed by atoms with Crippen molar-refractivity contribution in [3.05, 3.63) is 42.5 Å². The van der Waals surface area contributed by atoms with Crippen molar-refractivity contribution >= 4 is 40.0 Å². The SMILES string of the molecule is COc1ccc2c(c1)NC(=O)CN2c1nc(NC2CCCC2)nc2ccccc12. The molecule has 2 N–H and O–H groups in total. The predicted octanol–water partition coefficient (Wildman–Crippen LogP) is 4.08. The van der Waals surface area contributed by atoms with E-state index in [0.29, 0.717) is 23.4 Å². The summed E-state index contributed by atoms with van der Waals surface area (Å²) < 4.78 is 5.31. The molecular formula is C22H23N5O2. The maximum atomic E-state index is 12.5. The van der Waals surface area contributed by atoms with Gasteiger partial charge >= 0.3 is 0 Å². The van der Waals surface area contributed by atoms with Crippen LogP contribution < -0.4 is 20.3 Å². The van der Waals surface area contributed by atoms with E-state index in [0.717, 1.165) is 35.2 Å². The van der Waals surface area contributed by atoms with Crippen LogP contribution in [0.15, 0.2) is 42.5 Å². The van der Waals surface area contributed by atoms with Crippen molar-refractivity contribution in [2.75, 3.05) is 29.2 Å². The summed E-state index contributed by atoms with van der Waals surface area (Å²) in [6.45, 7) is 0.198. The second kappa shape index (κ2) is 7.24. The van der Waals surface area contributed by atoms with Gasteiger partial charge in [-0.25, -0.2) is 4.98 Å². The van der Waals surface area contributed by atoms with Gasteiger partial charge in [-0.3, -0.25) is 4.79 Å². The topological polar surface area (TPSA) is 79.4 Å². The lowest BCUT2D eigenvalue weighted by Gasteiger charge is -2.31. The molecule has 1 amide bonds. The zero-order valence-corrected chi connectivity index (χ0v) is 16.3. The van der Waals surface area contributed by atoms with Crippen molar-refractivity contribution in [2.45, 2.75) is 31.7 Å². The smallest absolute Gasteiger partial charge is 0.244 e.